The van der Waals surface area contributed by atoms with Crippen LogP contribution in [0.3, 0.4) is 0 Å². The Hall–Kier alpha value is -2.03. The number of fused-ring (bicyclic) bond motifs is 1. The van der Waals surface area contributed by atoms with E-state index in [9.17, 15) is 4.79 Å². The van der Waals surface area contributed by atoms with Gasteiger partial charge in [0.05, 0.1) is 5.56 Å². The van der Waals surface area contributed by atoms with Gasteiger partial charge in [-0.1, -0.05) is 31.2 Å². The lowest BCUT2D eigenvalue weighted by atomic mass is 9.97. The molecule has 20 heavy (non-hydrogen) atoms. The van der Waals surface area contributed by atoms with Gasteiger partial charge < -0.3 is 9.15 Å². The largest absolute Gasteiger partial charge is 0.489 e. The first-order chi connectivity index (χ1) is 9.50. The molecule has 0 aliphatic carbocycles. The SMILES string of the molecule is Cc1ccccc1-c1oc(=O)c2c(c1C)O[C@H](C)[C@@H]2C. The van der Waals surface area contributed by atoms with Crippen molar-refractivity contribution in [3.63, 3.8) is 0 Å². The standard InChI is InChI=1S/C17H18O3/c1-9-7-5-6-8-13(9)15-11(3)16-14(17(18)20-15)10(2)12(4)19-16/h5-8,10,12H,1-4H3/t10-,12+/m0/s1. The molecule has 104 valence electrons. The summed E-state index contributed by atoms with van der Waals surface area (Å²) >= 11 is 0. The molecule has 3 heteroatoms. The number of hydrogen-bond acceptors (Lipinski definition) is 3. The van der Waals surface area contributed by atoms with Crippen LogP contribution in [-0.2, 0) is 0 Å². The van der Waals surface area contributed by atoms with Gasteiger partial charge >= 0.3 is 5.63 Å². The molecule has 2 atom stereocenters. The van der Waals surface area contributed by atoms with Gasteiger partial charge in [0.15, 0.2) is 0 Å². The predicted molar refractivity (Wildman–Crippen MR) is 78.4 cm³/mol. The lowest BCUT2D eigenvalue weighted by Gasteiger charge is -2.11. The zero-order chi connectivity index (χ0) is 14.4. The molecule has 2 aromatic rings. The van der Waals surface area contributed by atoms with Gasteiger partial charge in [0.1, 0.15) is 17.6 Å². The molecule has 2 heterocycles. The fraction of sp³-hybridized carbons (Fsp3) is 0.353. The average Bonchev–Trinajstić information content (AvgIpc) is 2.72. The Balaban J connectivity index is 2.27. The van der Waals surface area contributed by atoms with Crippen LogP contribution in [0.2, 0.25) is 0 Å². The van der Waals surface area contributed by atoms with Gasteiger partial charge in [-0.25, -0.2) is 4.79 Å². The first kappa shape index (κ1) is 13.0. The molecule has 0 spiro atoms. The summed E-state index contributed by atoms with van der Waals surface area (Å²) in [4.78, 5) is 12.3. The molecule has 0 N–H and O–H groups in total. The first-order valence-electron chi connectivity index (χ1n) is 6.91. The molecule has 1 aromatic carbocycles. The summed E-state index contributed by atoms with van der Waals surface area (Å²) in [6, 6.07) is 7.89. The van der Waals surface area contributed by atoms with Gasteiger partial charge in [0, 0.05) is 17.0 Å². The molecule has 0 radical (unpaired) electrons. The van der Waals surface area contributed by atoms with Crippen LogP contribution in [0, 0.1) is 13.8 Å². The third-order valence-electron chi connectivity index (χ3n) is 4.19. The fourth-order valence-electron chi connectivity index (χ4n) is 2.77. The van der Waals surface area contributed by atoms with Gasteiger partial charge in [-0.05, 0) is 26.3 Å². The second kappa shape index (κ2) is 4.51. The van der Waals surface area contributed by atoms with E-state index in [0.29, 0.717) is 17.1 Å². The molecule has 0 fully saturated rings. The van der Waals surface area contributed by atoms with E-state index in [-0.39, 0.29) is 17.6 Å². The van der Waals surface area contributed by atoms with E-state index in [1.54, 1.807) is 0 Å². The zero-order valence-corrected chi connectivity index (χ0v) is 12.2. The van der Waals surface area contributed by atoms with Crippen molar-refractivity contribution in [1.82, 2.24) is 0 Å². The number of benzene rings is 1. The molecule has 0 amide bonds. The lowest BCUT2D eigenvalue weighted by molar-refractivity contribution is 0.231. The third kappa shape index (κ3) is 1.77. The Labute approximate surface area is 118 Å². The predicted octanol–water partition coefficient (Wildman–Crippen LogP) is 3.81. The molecule has 1 aliphatic rings. The van der Waals surface area contributed by atoms with E-state index in [0.717, 1.165) is 16.7 Å². The summed E-state index contributed by atoms with van der Waals surface area (Å²) in [5, 5.41) is 0. The monoisotopic (exact) mass is 270 g/mol. The van der Waals surface area contributed by atoms with Crippen LogP contribution in [0.15, 0.2) is 33.5 Å². The van der Waals surface area contributed by atoms with E-state index in [1.165, 1.54) is 0 Å². The van der Waals surface area contributed by atoms with E-state index in [2.05, 4.69) is 0 Å². The maximum atomic E-state index is 12.3. The van der Waals surface area contributed by atoms with Crippen LogP contribution in [0.1, 0.15) is 36.5 Å². The van der Waals surface area contributed by atoms with Crippen LogP contribution < -0.4 is 10.4 Å². The lowest BCUT2D eigenvalue weighted by Crippen LogP contribution is -2.14. The van der Waals surface area contributed by atoms with E-state index in [4.69, 9.17) is 9.15 Å². The Morgan fingerprint density at radius 2 is 1.80 bits per heavy atom. The van der Waals surface area contributed by atoms with Crippen molar-refractivity contribution in [1.29, 1.82) is 0 Å². The molecule has 0 unspecified atom stereocenters. The Morgan fingerprint density at radius 1 is 1.10 bits per heavy atom. The quantitative estimate of drug-likeness (QED) is 0.791. The molecule has 0 bridgehead atoms. The normalized spacial score (nSPS) is 20.6. The van der Waals surface area contributed by atoms with Crippen LogP contribution in [0.25, 0.3) is 11.3 Å². The average molecular weight is 270 g/mol. The van der Waals surface area contributed by atoms with Crippen molar-refractivity contribution in [3.05, 3.63) is 51.4 Å². The Kier molecular flexibility index (Phi) is 2.93. The van der Waals surface area contributed by atoms with Crippen molar-refractivity contribution < 1.29 is 9.15 Å². The van der Waals surface area contributed by atoms with Crippen LogP contribution in [0.4, 0.5) is 0 Å². The summed E-state index contributed by atoms with van der Waals surface area (Å²) in [6.45, 7) is 7.94. The van der Waals surface area contributed by atoms with Gasteiger partial charge in [-0.15, -0.1) is 0 Å². The van der Waals surface area contributed by atoms with Gasteiger partial charge in [-0.3, -0.25) is 0 Å². The maximum absolute atomic E-state index is 12.3. The van der Waals surface area contributed by atoms with Crippen molar-refractivity contribution in [2.24, 2.45) is 0 Å². The summed E-state index contributed by atoms with van der Waals surface area (Å²) in [5.74, 6) is 1.40. The number of hydrogen-bond donors (Lipinski definition) is 0. The minimum atomic E-state index is -0.277. The summed E-state index contributed by atoms with van der Waals surface area (Å²) in [6.07, 6.45) is 0.0127. The van der Waals surface area contributed by atoms with Crippen molar-refractivity contribution in [2.45, 2.75) is 39.7 Å². The Bertz CT molecular complexity index is 728. The molecule has 3 nitrogen and oxygen atoms in total. The first-order valence-corrected chi connectivity index (χ1v) is 6.91. The summed E-state index contributed by atoms with van der Waals surface area (Å²) in [7, 11) is 0. The van der Waals surface area contributed by atoms with Crippen LogP contribution in [-0.4, -0.2) is 6.10 Å². The second-order valence-electron chi connectivity index (χ2n) is 5.51. The highest BCUT2D eigenvalue weighted by molar-refractivity contribution is 5.68. The number of ether oxygens (including phenoxy) is 1. The molecule has 0 saturated carbocycles. The molecular formula is C17H18O3. The van der Waals surface area contributed by atoms with E-state index >= 15 is 0 Å². The second-order valence-corrected chi connectivity index (χ2v) is 5.51. The molecule has 1 aromatic heterocycles. The molecule has 3 rings (SSSR count). The van der Waals surface area contributed by atoms with Crippen molar-refractivity contribution in [3.8, 4) is 17.1 Å². The highest BCUT2D eigenvalue weighted by Crippen LogP contribution is 2.41. The maximum Gasteiger partial charge on any atom is 0.343 e. The number of aryl methyl sites for hydroxylation is 1. The third-order valence-corrected chi connectivity index (χ3v) is 4.19. The minimum Gasteiger partial charge on any atom is -0.489 e. The van der Waals surface area contributed by atoms with E-state index in [1.807, 2.05) is 52.0 Å². The van der Waals surface area contributed by atoms with E-state index < -0.39 is 0 Å². The fourth-order valence-corrected chi connectivity index (χ4v) is 2.77. The van der Waals surface area contributed by atoms with Crippen molar-refractivity contribution in [2.75, 3.05) is 0 Å². The summed E-state index contributed by atoms with van der Waals surface area (Å²) in [5.41, 5.74) is 3.33. The van der Waals surface area contributed by atoms with Crippen molar-refractivity contribution >= 4 is 0 Å². The summed E-state index contributed by atoms with van der Waals surface area (Å²) < 4.78 is 11.5. The highest BCUT2D eigenvalue weighted by Gasteiger charge is 2.34. The minimum absolute atomic E-state index is 0.0127. The molecular weight excluding hydrogens is 252 g/mol. The van der Waals surface area contributed by atoms with Crippen LogP contribution >= 0.6 is 0 Å². The number of rotatable bonds is 1. The van der Waals surface area contributed by atoms with Crippen LogP contribution in [0.5, 0.6) is 5.75 Å². The smallest absolute Gasteiger partial charge is 0.343 e. The van der Waals surface area contributed by atoms with Gasteiger partial charge in [-0.2, -0.15) is 0 Å². The molecule has 0 saturated heterocycles. The highest BCUT2D eigenvalue weighted by atomic mass is 16.5. The molecule has 1 aliphatic heterocycles. The van der Waals surface area contributed by atoms with Gasteiger partial charge in [0.2, 0.25) is 0 Å². The zero-order valence-electron chi connectivity index (χ0n) is 12.2. The van der Waals surface area contributed by atoms with Gasteiger partial charge in [0.25, 0.3) is 0 Å². The Morgan fingerprint density at radius 3 is 2.50 bits per heavy atom. The topological polar surface area (TPSA) is 39.4 Å².